The zero-order valence-corrected chi connectivity index (χ0v) is 12.6. The summed E-state index contributed by atoms with van der Waals surface area (Å²) in [5.41, 5.74) is 0. The fraction of sp³-hybridized carbons (Fsp3) is 0.857. The van der Waals surface area contributed by atoms with Gasteiger partial charge in [0.15, 0.2) is 0 Å². The molecule has 1 saturated heterocycles. The number of nitrogens with zero attached hydrogens (tertiary/aromatic N) is 4. The Morgan fingerprint density at radius 2 is 2.21 bits per heavy atom. The molecule has 2 atom stereocenters. The molecule has 0 radical (unpaired) electrons. The number of piperidine rings is 1. The third kappa shape index (κ3) is 3.54. The van der Waals surface area contributed by atoms with Gasteiger partial charge in [-0.25, -0.2) is 9.67 Å². The molecule has 1 aromatic heterocycles. The summed E-state index contributed by atoms with van der Waals surface area (Å²) in [6, 6.07) is 0.972. The SMILES string of the molecule is CNC(C)C1CCCN(Cc2ncnn2C(C)C)C1. The summed E-state index contributed by atoms with van der Waals surface area (Å²) in [6.07, 6.45) is 4.29. The Morgan fingerprint density at radius 3 is 2.89 bits per heavy atom. The number of hydrogen-bond donors (Lipinski definition) is 1. The first kappa shape index (κ1) is 14.5. The molecule has 0 aliphatic carbocycles. The van der Waals surface area contributed by atoms with Gasteiger partial charge in [-0.3, -0.25) is 4.90 Å². The Balaban J connectivity index is 1.97. The highest BCUT2D eigenvalue weighted by atomic mass is 15.4. The summed E-state index contributed by atoms with van der Waals surface area (Å²) < 4.78 is 2.03. The van der Waals surface area contributed by atoms with Crippen LogP contribution in [0.4, 0.5) is 0 Å². The van der Waals surface area contributed by atoms with Gasteiger partial charge in [0.25, 0.3) is 0 Å². The van der Waals surface area contributed by atoms with Crippen molar-refractivity contribution in [3.8, 4) is 0 Å². The van der Waals surface area contributed by atoms with Crippen LogP contribution >= 0.6 is 0 Å². The van der Waals surface area contributed by atoms with Gasteiger partial charge in [-0.2, -0.15) is 5.10 Å². The summed E-state index contributed by atoms with van der Waals surface area (Å²) in [7, 11) is 2.05. The number of aromatic nitrogens is 3. The normalized spacial score (nSPS) is 22.9. The third-order valence-electron chi connectivity index (χ3n) is 4.21. The Bertz CT molecular complexity index is 387. The van der Waals surface area contributed by atoms with Gasteiger partial charge < -0.3 is 5.32 Å². The van der Waals surface area contributed by atoms with Gasteiger partial charge in [-0.05, 0) is 53.1 Å². The minimum absolute atomic E-state index is 0.384. The van der Waals surface area contributed by atoms with Crippen LogP contribution in [0, 0.1) is 5.92 Å². The van der Waals surface area contributed by atoms with Crippen molar-refractivity contribution in [1.29, 1.82) is 0 Å². The molecule has 5 heteroatoms. The van der Waals surface area contributed by atoms with Crippen molar-refractivity contribution in [1.82, 2.24) is 25.0 Å². The van der Waals surface area contributed by atoms with E-state index in [0.717, 1.165) is 24.8 Å². The van der Waals surface area contributed by atoms with E-state index in [4.69, 9.17) is 0 Å². The van der Waals surface area contributed by atoms with E-state index in [9.17, 15) is 0 Å². The highest BCUT2D eigenvalue weighted by Crippen LogP contribution is 2.21. The Kier molecular flexibility index (Phi) is 4.93. The fourth-order valence-electron chi connectivity index (χ4n) is 2.90. The maximum absolute atomic E-state index is 4.42. The van der Waals surface area contributed by atoms with Crippen LogP contribution in [0.5, 0.6) is 0 Å². The second-order valence-corrected chi connectivity index (χ2v) is 5.93. The van der Waals surface area contributed by atoms with Crippen molar-refractivity contribution in [3.05, 3.63) is 12.2 Å². The highest BCUT2D eigenvalue weighted by molar-refractivity contribution is 4.89. The Morgan fingerprint density at radius 1 is 1.42 bits per heavy atom. The van der Waals surface area contributed by atoms with Gasteiger partial charge in [-0.15, -0.1) is 0 Å². The molecule has 2 heterocycles. The molecule has 2 unspecified atom stereocenters. The molecule has 0 spiro atoms. The lowest BCUT2D eigenvalue weighted by Crippen LogP contribution is -2.43. The monoisotopic (exact) mass is 265 g/mol. The average molecular weight is 265 g/mol. The predicted molar refractivity (Wildman–Crippen MR) is 76.9 cm³/mol. The second-order valence-electron chi connectivity index (χ2n) is 5.93. The van der Waals surface area contributed by atoms with Gasteiger partial charge in [0.1, 0.15) is 12.2 Å². The quantitative estimate of drug-likeness (QED) is 0.880. The minimum atomic E-state index is 0.384. The van der Waals surface area contributed by atoms with Crippen molar-refractivity contribution >= 4 is 0 Å². The number of likely N-dealkylation sites (tertiary alicyclic amines) is 1. The van der Waals surface area contributed by atoms with Crippen LogP contribution in [-0.4, -0.2) is 45.8 Å². The molecule has 1 fully saturated rings. The van der Waals surface area contributed by atoms with Crippen molar-refractivity contribution in [2.24, 2.45) is 5.92 Å². The van der Waals surface area contributed by atoms with Crippen molar-refractivity contribution in [3.63, 3.8) is 0 Å². The molecule has 1 aliphatic heterocycles. The van der Waals surface area contributed by atoms with Crippen molar-refractivity contribution in [2.75, 3.05) is 20.1 Å². The van der Waals surface area contributed by atoms with Crippen LogP contribution in [0.1, 0.15) is 45.5 Å². The smallest absolute Gasteiger partial charge is 0.141 e. The van der Waals surface area contributed by atoms with E-state index < -0.39 is 0 Å². The van der Waals surface area contributed by atoms with Crippen molar-refractivity contribution < 1.29 is 0 Å². The zero-order valence-electron chi connectivity index (χ0n) is 12.6. The topological polar surface area (TPSA) is 46.0 Å². The van der Waals surface area contributed by atoms with Crippen LogP contribution in [0.15, 0.2) is 6.33 Å². The molecule has 0 aromatic carbocycles. The van der Waals surface area contributed by atoms with Gasteiger partial charge in [-0.1, -0.05) is 0 Å². The van der Waals surface area contributed by atoms with Gasteiger partial charge in [0.2, 0.25) is 0 Å². The van der Waals surface area contributed by atoms with E-state index in [-0.39, 0.29) is 0 Å². The third-order valence-corrected chi connectivity index (χ3v) is 4.21. The number of rotatable bonds is 5. The molecule has 0 amide bonds. The summed E-state index contributed by atoms with van der Waals surface area (Å²) in [5.74, 6) is 1.84. The summed E-state index contributed by atoms with van der Waals surface area (Å²) in [6.45, 7) is 9.85. The summed E-state index contributed by atoms with van der Waals surface area (Å²) in [5, 5.41) is 7.70. The van der Waals surface area contributed by atoms with Crippen LogP contribution in [0.2, 0.25) is 0 Å². The largest absolute Gasteiger partial charge is 0.317 e. The molecular weight excluding hydrogens is 238 g/mol. The molecule has 1 N–H and O–H groups in total. The molecule has 0 bridgehead atoms. The molecule has 0 saturated carbocycles. The molecule has 19 heavy (non-hydrogen) atoms. The van der Waals surface area contributed by atoms with E-state index in [0.29, 0.717) is 12.1 Å². The molecule has 5 nitrogen and oxygen atoms in total. The van der Waals surface area contributed by atoms with Gasteiger partial charge in [0, 0.05) is 18.6 Å². The maximum Gasteiger partial charge on any atom is 0.141 e. The lowest BCUT2D eigenvalue weighted by Gasteiger charge is -2.35. The van der Waals surface area contributed by atoms with E-state index in [2.05, 4.69) is 48.1 Å². The van der Waals surface area contributed by atoms with Crippen LogP contribution in [0.25, 0.3) is 0 Å². The van der Waals surface area contributed by atoms with Crippen LogP contribution in [-0.2, 0) is 6.54 Å². The molecule has 1 aliphatic rings. The van der Waals surface area contributed by atoms with Crippen LogP contribution in [0.3, 0.4) is 0 Å². The molecule has 1 aromatic rings. The van der Waals surface area contributed by atoms with E-state index >= 15 is 0 Å². The first-order chi connectivity index (χ1) is 9.11. The predicted octanol–water partition coefficient (Wildman–Crippen LogP) is 1.68. The maximum atomic E-state index is 4.42. The van der Waals surface area contributed by atoms with E-state index in [1.807, 2.05) is 4.68 Å². The van der Waals surface area contributed by atoms with Crippen LogP contribution < -0.4 is 5.32 Å². The summed E-state index contributed by atoms with van der Waals surface area (Å²) in [4.78, 5) is 6.93. The second kappa shape index (κ2) is 6.48. The lowest BCUT2D eigenvalue weighted by atomic mass is 9.92. The highest BCUT2D eigenvalue weighted by Gasteiger charge is 2.24. The van der Waals surface area contributed by atoms with E-state index in [1.54, 1.807) is 6.33 Å². The standard InChI is InChI=1S/C14H27N5/c1-11(2)19-14(16-10-17-19)9-18-7-5-6-13(8-18)12(3)15-4/h10-13,15H,5-9H2,1-4H3. The fourth-order valence-corrected chi connectivity index (χ4v) is 2.90. The summed E-state index contributed by atoms with van der Waals surface area (Å²) >= 11 is 0. The first-order valence-corrected chi connectivity index (χ1v) is 7.39. The minimum Gasteiger partial charge on any atom is -0.317 e. The molecular formula is C14H27N5. The lowest BCUT2D eigenvalue weighted by molar-refractivity contribution is 0.141. The van der Waals surface area contributed by atoms with E-state index in [1.165, 1.54) is 19.4 Å². The van der Waals surface area contributed by atoms with Gasteiger partial charge in [0.05, 0.1) is 6.54 Å². The molecule has 108 valence electrons. The average Bonchev–Trinajstić information content (AvgIpc) is 2.86. The number of nitrogens with one attached hydrogen (secondary N) is 1. The van der Waals surface area contributed by atoms with Crippen molar-refractivity contribution in [2.45, 2.75) is 52.2 Å². The molecule has 2 rings (SSSR count). The Hall–Kier alpha value is -0.940. The Labute approximate surface area is 116 Å². The number of hydrogen-bond acceptors (Lipinski definition) is 4. The zero-order chi connectivity index (χ0) is 13.8. The van der Waals surface area contributed by atoms with Gasteiger partial charge >= 0.3 is 0 Å². The first-order valence-electron chi connectivity index (χ1n) is 7.39.